The van der Waals surface area contributed by atoms with E-state index in [-0.39, 0.29) is 5.91 Å². The van der Waals surface area contributed by atoms with Crippen LogP contribution in [0.25, 0.3) is 0 Å². The molecule has 1 N–H and O–H groups in total. The summed E-state index contributed by atoms with van der Waals surface area (Å²) in [7, 11) is 1.59. The highest BCUT2D eigenvalue weighted by atomic mass is 32.2. The Labute approximate surface area is 181 Å². The first-order valence-electron chi connectivity index (χ1n) is 9.53. The van der Waals surface area contributed by atoms with E-state index >= 15 is 0 Å². The molecule has 0 aliphatic rings. The third-order valence-corrected chi connectivity index (χ3v) is 5.18. The molecule has 3 aromatic rings. The SMILES string of the molecule is COc1cc(/C=N\NC(=O)CSCc2ccccc2)ccc1OCc1ccccc1. The minimum Gasteiger partial charge on any atom is -0.493 e. The van der Waals surface area contributed by atoms with E-state index in [0.29, 0.717) is 23.9 Å². The third kappa shape index (κ3) is 6.97. The van der Waals surface area contributed by atoms with E-state index in [2.05, 4.69) is 10.5 Å². The molecule has 30 heavy (non-hydrogen) atoms. The number of hydrogen-bond donors (Lipinski definition) is 1. The molecule has 0 saturated carbocycles. The molecular weight excluding hydrogens is 396 g/mol. The third-order valence-electron chi connectivity index (χ3n) is 4.17. The minimum atomic E-state index is -0.137. The summed E-state index contributed by atoms with van der Waals surface area (Å²) in [5, 5.41) is 4.03. The van der Waals surface area contributed by atoms with Gasteiger partial charge in [0.2, 0.25) is 5.91 Å². The van der Waals surface area contributed by atoms with Crippen LogP contribution < -0.4 is 14.9 Å². The summed E-state index contributed by atoms with van der Waals surface area (Å²) in [6.45, 7) is 0.460. The highest BCUT2D eigenvalue weighted by molar-refractivity contribution is 7.99. The number of methoxy groups -OCH3 is 1. The molecule has 0 aliphatic carbocycles. The van der Waals surface area contributed by atoms with Gasteiger partial charge >= 0.3 is 0 Å². The number of nitrogens with zero attached hydrogens (tertiary/aromatic N) is 1. The van der Waals surface area contributed by atoms with Crippen molar-refractivity contribution < 1.29 is 14.3 Å². The number of ether oxygens (including phenoxy) is 2. The van der Waals surface area contributed by atoms with Gasteiger partial charge < -0.3 is 9.47 Å². The van der Waals surface area contributed by atoms with E-state index in [1.165, 1.54) is 5.56 Å². The summed E-state index contributed by atoms with van der Waals surface area (Å²) in [6.07, 6.45) is 1.59. The van der Waals surface area contributed by atoms with Crippen molar-refractivity contribution in [2.75, 3.05) is 12.9 Å². The first-order chi connectivity index (χ1) is 14.7. The fraction of sp³-hybridized carbons (Fsp3) is 0.167. The molecule has 6 heteroatoms. The molecule has 1 amide bonds. The second kappa shape index (κ2) is 11.7. The molecule has 3 rings (SSSR count). The molecule has 0 fully saturated rings. The molecule has 0 heterocycles. The lowest BCUT2D eigenvalue weighted by Crippen LogP contribution is -2.19. The number of carbonyl (C=O) groups excluding carboxylic acids is 1. The predicted molar refractivity (Wildman–Crippen MR) is 122 cm³/mol. The van der Waals surface area contributed by atoms with Gasteiger partial charge in [-0.15, -0.1) is 11.8 Å². The maximum Gasteiger partial charge on any atom is 0.250 e. The summed E-state index contributed by atoms with van der Waals surface area (Å²) in [4.78, 5) is 11.9. The maximum atomic E-state index is 11.9. The van der Waals surface area contributed by atoms with Crippen molar-refractivity contribution in [3.8, 4) is 11.5 Å². The van der Waals surface area contributed by atoms with Crippen LogP contribution in [0.2, 0.25) is 0 Å². The average molecular weight is 421 g/mol. The lowest BCUT2D eigenvalue weighted by molar-refractivity contribution is -0.118. The monoisotopic (exact) mass is 420 g/mol. The van der Waals surface area contributed by atoms with Crippen LogP contribution >= 0.6 is 11.8 Å². The molecule has 0 aliphatic heterocycles. The Balaban J connectivity index is 1.47. The van der Waals surface area contributed by atoms with E-state index in [9.17, 15) is 4.79 Å². The summed E-state index contributed by atoms with van der Waals surface area (Å²) < 4.78 is 11.3. The Morgan fingerprint density at radius 3 is 2.37 bits per heavy atom. The van der Waals surface area contributed by atoms with Crippen LogP contribution in [0, 0.1) is 0 Å². The van der Waals surface area contributed by atoms with E-state index in [0.717, 1.165) is 16.9 Å². The molecule has 3 aromatic carbocycles. The van der Waals surface area contributed by atoms with Gasteiger partial charge in [-0.3, -0.25) is 4.79 Å². The molecule has 0 radical (unpaired) electrons. The number of thioether (sulfide) groups is 1. The van der Waals surface area contributed by atoms with Gasteiger partial charge in [0.25, 0.3) is 0 Å². The van der Waals surface area contributed by atoms with Crippen molar-refractivity contribution in [1.29, 1.82) is 0 Å². The van der Waals surface area contributed by atoms with E-state index < -0.39 is 0 Å². The normalized spacial score (nSPS) is 10.7. The Hall–Kier alpha value is -3.25. The van der Waals surface area contributed by atoms with Crippen LogP contribution in [0.15, 0.2) is 84.0 Å². The van der Waals surface area contributed by atoms with Gasteiger partial charge in [0.1, 0.15) is 6.61 Å². The van der Waals surface area contributed by atoms with Crippen LogP contribution in [-0.2, 0) is 17.2 Å². The average Bonchev–Trinajstić information content (AvgIpc) is 2.79. The summed E-state index contributed by atoms with van der Waals surface area (Å²) in [5.41, 5.74) is 5.63. The van der Waals surface area contributed by atoms with Crippen molar-refractivity contribution in [3.05, 3.63) is 95.6 Å². The first-order valence-corrected chi connectivity index (χ1v) is 10.7. The van der Waals surface area contributed by atoms with Gasteiger partial charge in [-0.25, -0.2) is 5.43 Å². The minimum absolute atomic E-state index is 0.137. The highest BCUT2D eigenvalue weighted by Crippen LogP contribution is 2.28. The van der Waals surface area contributed by atoms with Crippen LogP contribution in [0.5, 0.6) is 11.5 Å². The molecule has 0 bridgehead atoms. The summed E-state index contributed by atoms with van der Waals surface area (Å²) in [5.74, 6) is 2.27. The second-order valence-electron chi connectivity index (χ2n) is 6.46. The maximum absolute atomic E-state index is 11.9. The predicted octanol–water partition coefficient (Wildman–Crippen LogP) is 4.66. The number of carbonyl (C=O) groups is 1. The number of rotatable bonds is 10. The van der Waals surface area contributed by atoms with E-state index in [1.807, 2.05) is 78.9 Å². The number of hydrazone groups is 1. The number of nitrogens with one attached hydrogen (secondary N) is 1. The molecule has 0 aromatic heterocycles. The van der Waals surface area contributed by atoms with Gasteiger partial charge in [0, 0.05) is 5.75 Å². The molecule has 0 atom stereocenters. The van der Waals surface area contributed by atoms with Gasteiger partial charge in [-0.2, -0.15) is 5.10 Å². The topological polar surface area (TPSA) is 59.9 Å². The van der Waals surface area contributed by atoms with Crippen molar-refractivity contribution in [1.82, 2.24) is 5.43 Å². The number of hydrogen-bond acceptors (Lipinski definition) is 5. The Kier molecular flexibility index (Phi) is 8.35. The fourth-order valence-electron chi connectivity index (χ4n) is 2.67. The lowest BCUT2D eigenvalue weighted by Gasteiger charge is -2.11. The zero-order valence-electron chi connectivity index (χ0n) is 16.8. The second-order valence-corrected chi connectivity index (χ2v) is 7.44. The lowest BCUT2D eigenvalue weighted by atomic mass is 10.2. The molecule has 154 valence electrons. The Morgan fingerprint density at radius 2 is 1.67 bits per heavy atom. The number of amides is 1. The first kappa shape index (κ1) is 21.5. The largest absolute Gasteiger partial charge is 0.493 e. The quantitative estimate of drug-likeness (QED) is 0.383. The van der Waals surface area contributed by atoms with Crippen molar-refractivity contribution >= 4 is 23.9 Å². The van der Waals surface area contributed by atoms with E-state index in [1.54, 1.807) is 25.1 Å². The van der Waals surface area contributed by atoms with Gasteiger partial charge in [0.15, 0.2) is 11.5 Å². The highest BCUT2D eigenvalue weighted by Gasteiger charge is 2.06. The van der Waals surface area contributed by atoms with Crippen molar-refractivity contribution in [2.45, 2.75) is 12.4 Å². The number of benzene rings is 3. The van der Waals surface area contributed by atoms with Gasteiger partial charge in [-0.1, -0.05) is 60.7 Å². The van der Waals surface area contributed by atoms with Gasteiger partial charge in [0.05, 0.1) is 19.1 Å². The van der Waals surface area contributed by atoms with E-state index in [4.69, 9.17) is 9.47 Å². The standard InChI is InChI=1S/C24H24N2O3S/c1-28-23-14-21(12-13-22(23)29-16-19-8-4-2-5-9-19)15-25-26-24(27)18-30-17-20-10-6-3-7-11-20/h2-15H,16-18H2,1H3,(H,26,27)/b25-15-. The zero-order valence-corrected chi connectivity index (χ0v) is 17.6. The summed E-state index contributed by atoms with van der Waals surface area (Å²) in [6, 6.07) is 25.5. The van der Waals surface area contributed by atoms with Crippen LogP contribution in [-0.4, -0.2) is 25.0 Å². The Morgan fingerprint density at radius 1 is 0.967 bits per heavy atom. The molecule has 5 nitrogen and oxygen atoms in total. The fourth-order valence-corrected chi connectivity index (χ4v) is 3.45. The van der Waals surface area contributed by atoms with Crippen LogP contribution in [0.1, 0.15) is 16.7 Å². The smallest absolute Gasteiger partial charge is 0.250 e. The summed E-state index contributed by atoms with van der Waals surface area (Å²) >= 11 is 1.55. The molecular formula is C24H24N2O3S. The van der Waals surface area contributed by atoms with Crippen molar-refractivity contribution in [3.63, 3.8) is 0 Å². The Bertz CT molecular complexity index is 963. The molecule has 0 spiro atoms. The van der Waals surface area contributed by atoms with Crippen LogP contribution in [0.4, 0.5) is 0 Å². The molecule has 0 unspecified atom stereocenters. The zero-order chi connectivity index (χ0) is 21.0. The van der Waals surface area contributed by atoms with Gasteiger partial charge in [-0.05, 0) is 34.9 Å². The van der Waals surface area contributed by atoms with Crippen molar-refractivity contribution in [2.24, 2.45) is 5.10 Å². The molecule has 0 saturated heterocycles. The van der Waals surface area contributed by atoms with Crippen LogP contribution in [0.3, 0.4) is 0 Å².